The minimum atomic E-state index is -4.94. The Bertz CT molecular complexity index is 1000. The van der Waals surface area contributed by atoms with Gasteiger partial charge in [-0.1, -0.05) is 5.16 Å². The molecular formula is C13H16N6O9S2. The van der Waals surface area contributed by atoms with Crippen LogP contribution >= 0.6 is 11.3 Å². The van der Waals surface area contributed by atoms with Crippen LogP contribution in [0.1, 0.15) is 12.6 Å². The van der Waals surface area contributed by atoms with Crippen molar-refractivity contribution in [2.24, 2.45) is 5.16 Å². The van der Waals surface area contributed by atoms with Crippen molar-refractivity contribution in [2.75, 3.05) is 18.9 Å². The Kier molecular flexibility index (Phi) is 6.90. The molecule has 164 valence electrons. The number of nitrogen functional groups attached to an aromatic ring is 1. The van der Waals surface area contributed by atoms with Crippen molar-refractivity contribution in [1.29, 1.82) is 0 Å². The van der Waals surface area contributed by atoms with Crippen molar-refractivity contribution in [2.45, 2.75) is 19.0 Å². The maximum absolute atomic E-state index is 12.6. The lowest BCUT2D eigenvalue weighted by atomic mass is 9.98. The number of rotatable bonds is 9. The molecule has 0 radical (unpaired) electrons. The number of carboxylic acids is 1. The zero-order chi connectivity index (χ0) is 22.6. The van der Waals surface area contributed by atoms with E-state index in [1.54, 1.807) is 0 Å². The van der Waals surface area contributed by atoms with Crippen LogP contribution in [0.2, 0.25) is 0 Å². The fourth-order valence-electron chi connectivity index (χ4n) is 2.37. The van der Waals surface area contributed by atoms with E-state index in [0.717, 1.165) is 18.3 Å². The molecule has 0 unspecified atom stereocenters. The molecule has 0 aromatic carbocycles. The molecule has 15 nitrogen and oxygen atoms in total. The van der Waals surface area contributed by atoms with E-state index < -0.39 is 64.9 Å². The van der Waals surface area contributed by atoms with E-state index in [4.69, 9.17) is 10.8 Å². The first-order valence-corrected chi connectivity index (χ1v) is 10.2. The van der Waals surface area contributed by atoms with E-state index in [1.807, 2.05) is 0 Å². The van der Waals surface area contributed by atoms with Crippen LogP contribution in [0.5, 0.6) is 0 Å². The molecule has 2 heterocycles. The first kappa shape index (κ1) is 23.0. The van der Waals surface area contributed by atoms with Gasteiger partial charge in [0, 0.05) is 18.8 Å². The quantitative estimate of drug-likeness (QED) is 0.108. The highest BCUT2D eigenvalue weighted by atomic mass is 32.2. The predicted octanol–water partition coefficient (Wildman–Crippen LogP) is -2.83. The SMILES string of the molecule is CC(=O)NC[C@@H]1[C@H](NC(=O)C(=NOCC(=O)O)c2csc(N)n2)C(=O)N1S(=O)(=O)O. The Morgan fingerprint density at radius 3 is 2.60 bits per heavy atom. The highest BCUT2D eigenvalue weighted by Crippen LogP contribution is 2.23. The molecule has 1 aromatic heterocycles. The van der Waals surface area contributed by atoms with E-state index in [0.29, 0.717) is 0 Å². The molecule has 1 saturated heterocycles. The van der Waals surface area contributed by atoms with Crippen molar-refractivity contribution in [1.82, 2.24) is 19.9 Å². The Morgan fingerprint density at radius 2 is 2.10 bits per heavy atom. The van der Waals surface area contributed by atoms with Crippen LogP contribution in [0, 0.1) is 0 Å². The van der Waals surface area contributed by atoms with Crippen LogP contribution < -0.4 is 16.4 Å². The number of oxime groups is 1. The van der Waals surface area contributed by atoms with Gasteiger partial charge in [-0.2, -0.15) is 8.42 Å². The number of carbonyl (C=O) groups is 4. The van der Waals surface area contributed by atoms with Gasteiger partial charge in [-0.05, 0) is 0 Å². The first-order valence-electron chi connectivity index (χ1n) is 7.91. The number of thiazole rings is 1. The minimum absolute atomic E-state index is 0.0598. The zero-order valence-corrected chi connectivity index (χ0v) is 16.8. The summed E-state index contributed by atoms with van der Waals surface area (Å²) in [6, 6.07) is -2.77. The van der Waals surface area contributed by atoms with Gasteiger partial charge in [-0.25, -0.2) is 14.1 Å². The van der Waals surface area contributed by atoms with Gasteiger partial charge >= 0.3 is 16.3 Å². The molecule has 1 fully saturated rings. The van der Waals surface area contributed by atoms with Crippen LogP contribution in [-0.4, -0.2) is 82.0 Å². The Hall–Kier alpha value is -3.31. The van der Waals surface area contributed by atoms with Crippen LogP contribution in [0.3, 0.4) is 0 Å². The number of nitrogens with two attached hydrogens (primary N) is 1. The average Bonchev–Trinajstić information content (AvgIpc) is 3.04. The Morgan fingerprint density at radius 1 is 1.43 bits per heavy atom. The lowest BCUT2D eigenvalue weighted by Gasteiger charge is -2.44. The summed E-state index contributed by atoms with van der Waals surface area (Å²) in [5, 5.41) is 17.9. The topological polar surface area (TPSA) is 231 Å². The van der Waals surface area contributed by atoms with Crippen molar-refractivity contribution in [3.05, 3.63) is 11.1 Å². The second kappa shape index (κ2) is 9.01. The number of hydrogen-bond donors (Lipinski definition) is 5. The standard InChI is InChI=1S/C13H16N6O9S2/c1-5(20)15-2-7-10(12(24)19(7)30(25,26)27)17-11(23)9(18-28-3-8(21)22)6-4-29-13(14)16-6/h4,7,10H,2-3H2,1H3,(H2,14,16)(H,15,20)(H,17,23)(H,21,22)(H,25,26,27)/t7-,10+/m1/s1. The van der Waals surface area contributed by atoms with Gasteiger partial charge in [0.25, 0.3) is 11.8 Å². The fraction of sp³-hybridized carbons (Fsp3) is 0.385. The maximum Gasteiger partial charge on any atom is 0.362 e. The van der Waals surface area contributed by atoms with Crippen LogP contribution in [0.4, 0.5) is 5.13 Å². The number of hydrogen-bond acceptors (Lipinski definition) is 11. The molecule has 2 atom stereocenters. The van der Waals surface area contributed by atoms with E-state index in [2.05, 4.69) is 25.6 Å². The molecule has 2 rings (SSSR count). The summed E-state index contributed by atoms with van der Waals surface area (Å²) in [6.07, 6.45) is 0. The highest BCUT2D eigenvalue weighted by molar-refractivity contribution is 7.84. The number of carbonyl (C=O) groups excluding carboxylic acids is 3. The Balaban J connectivity index is 2.24. The highest BCUT2D eigenvalue weighted by Gasteiger charge is 2.54. The van der Waals surface area contributed by atoms with Gasteiger partial charge in [0.1, 0.15) is 11.7 Å². The summed E-state index contributed by atoms with van der Waals surface area (Å²) in [5.41, 5.74) is 4.89. The van der Waals surface area contributed by atoms with Gasteiger partial charge in [0.05, 0.1) is 6.04 Å². The maximum atomic E-state index is 12.6. The van der Waals surface area contributed by atoms with Gasteiger partial charge in [-0.15, -0.1) is 11.3 Å². The summed E-state index contributed by atoms with van der Waals surface area (Å²) < 4.78 is 32.1. The molecule has 3 amide bonds. The van der Waals surface area contributed by atoms with Gasteiger partial charge in [0.15, 0.2) is 10.8 Å². The van der Waals surface area contributed by atoms with E-state index >= 15 is 0 Å². The number of β-lactam (4-membered cyclic amide) rings is 1. The molecule has 1 aromatic rings. The lowest BCUT2D eigenvalue weighted by Crippen LogP contribution is -2.74. The van der Waals surface area contributed by atoms with Gasteiger partial charge in [-0.3, -0.25) is 18.9 Å². The molecule has 6 N–H and O–H groups in total. The van der Waals surface area contributed by atoms with Crippen LogP contribution in [-0.2, 0) is 34.3 Å². The Labute approximate surface area is 172 Å². The summed E-state index contributed by atoms with van der Waals surface area (Å²) in [7, 11) is -4.94. The van der Waals surface area contributed by atoms with E-state index in [1.165, 1.54) is 5.38 Å². The molecule has 0 spiro atoms. The number of nitrogens with zero attached hydrogens (tertiary/aromatic N) is 3. The summed E-state index contributed by atoms with van der Waals surface area (Å²) in [4.78, 5) is 54.8. The first-order chi connectivity index (χ1) is 13.9. The van der Waals surface area contributed by atoms with Crippen molar-refractivity contribution < 1.29 is 42.1 Å². The molecule has 1 aliphatic heterocycles. The third-order valence-corrected chi connectivity index (χ3v) is 5.21. The number of anilines is 1. The summed E-state index contributed by atoms with van der Waals surface area (Å²) >= 11 is 0.944. The largest absolute Gasteiger partial charge is 0.479 e. The third kappa shape index (κ3) is 5.39. The van der Waals surface area contributed by atoms with Crippen LogP contribution in [0.15, 0.2) is 10.5 Å². The number of nitrogens with one attached hydrogen (secondary N) is 2. The summed E-state index contributed by atoms with van der Waals surface area (Å²) in [5.74, 6) is -4.14. The molecule has 30 heavy (non-hydrogen) atoms. The molecule has 17 heteroatoms. The lowest BCUT2D eigenvalue weighted by molar-refractivity contribution is -0.145. The van der Waals surface area contributed by atoms with E-state index in [-0.39, 0.29) is 15.1 Å². The zero-order valence-electron chi connectivity index (χ0n) is 15.1. The minimum Gasteiger partial charge on any atom is -0.479 e. The fourth-order valence-corrected chi connectivity index (χ4v) is 3.80. The number of amides is 3. The van der Waals surface area contributed by atoms with Gasteiger partial charge < -0.3 is 26.3 Å². The second-order valence-corrected chi connectivity index (χ2v) is 7.92. The molecule has 0 aliphatic carbocycles. The summed E-state index contributed by atoms with van der Waals surface area (Å²) in [6.45, 7) is -0.124. The normalized spacial score (nSPS) is 19.1. The molecule has 0 saturated carbocycles. The van der Waals surface area contributed by atoms with Crippen molar-refractivity contribution >= 4 is 56.2 Å². The van der Waals surface area contributed by atoms with Crippen molar-refractivity contribution in [3.63, 3.8) is 0 Å². The average molecular weight is 464 g/mol. The second-order valence-electron chi connectivity index (χ2n) is 5.75. The monoisotopic (exact) mass is 464 g/mol. The van der Waals surface area contributed by atoms with Crippen molar-refractivity contribution in [3.8, 4) is 0 Å². The van der Waals surface area contributed by atoms with E-state index in [9.17, 15) is 32.1 Å². The smallest absolute Gasteiger partial charge is 0.362 e. The molecular weight excluding hydrogens is 448 g/mol. The number of aliphatic carboxylic acids is 1. The molecule has 0 bridgehead atoms. The number of aromatic nitrogens is 1. The van der Waals surface area contributed by atoms with Gasteiger partial charge in [0.2, 0.25) is 12.5 Å². The number of carboxylic acid groups (broad SMARTS) is 1. The third-order valence-electron chi connectivity index (χ3n) is 3.59. The predicted molar refractivity (Wildman–Crippen MR) is 99.4 cm³/mol. The molecule has 1 aliphatic rings. The van der Waals surface area contributed by atoms with Crippen LogP contribution in [0.25, 0.3) is 0 Å².